The monoisotopic (exact) mass is 585 g/mol. The first-order valence-electron chi connectivity index (χ1n) is 15.0. The number of nitrogens with one attached hydrogen (secondary N) is 1. The van der Waals surface area contributed by atoms with E-state index in [1.165, 1.54) is 11.3 Å². The second kappa shape index (κ2) is 13.9. The number of hydrogen-bond acceptors (Lipinski definition) is 4. The van der Waals surface area contributed by atoms with Gasteiger partial charge in [-0.15, -0.1) is 0 Å². The summed E-state index contributed by atoms with van der Waals surface area (Å²) in [6, 6.07) is 23.6. The zero-order chi connectivity index (χ0) is 29.5. The van der Waals surface area contributed by atoms with Gasteiger partial charge in [0.1, 0.15) is 6.10 Å². The van der Waals surface area contributed by atoms with Crippen LogP contribution >= 0.6 is 11.6 Å². The molecule has 2 aliphatic rings. The fourth-order valence-corrected chi connectivity index (χ4v) is 6.02. The summed E-state index contributed by atoms with van der Waals surface area (Å²) < 4.78 is 6.27. The molecule has 2 fully saturated rings. The van der Waals surface area contributed by atoms with E-state index in [9.17, 15) is 9.59 Å². The number of hydrogen-bond donors (Lipinski definition) is 1. The van der Waals surface area contributed by atoms with Gasteiger partial charge < -0.3 is 19.9 Å². The highest BCUT2D eigenvalue weighted by molar-refractivity contribution is 6.30. The summed E-state index contributed by atoms with van der Waals surface area (Å²) in [6.45, 7) is 7.16. The number of aryl methyl sites for hydroxylation is 1. The van der Waals surface area contributed by atoms with Gasteiger partial charge in [0.15, 0.2) is 5.76 Å². The lowest BCUT2D eigenvalue weighted by molar-refractivity contribution is -0.149. The Bertz CT molecular complexity index is 1400. The van der Waals surface area contributed by atoms with Crippen molar-refractivity contribution in [3.8, 4) is 0 Å². The van der Waals surface area contributed by atoms with Crippen LogP contribution in [0.4, 0.5) is 5.69 Å². The third kappa shape index (κ3) is 7.35. The van der Waals surface area contributed by atoms with Gasteiger partial charge in [-0.1, -0.05) is 54.4 Å². The molecule has 1 aliphatic carbocycles. The van der Waals surface area contributed by atoms with Gasteiger partial charge in [0, 0.05) is 42.5 Å². The molecule has 3 aromatic carbocycles. The molecule has 0 bridgehead atoms. The second-order valence-corrected chi connectivity index (χ2v) is 11.7. The van der Waals surface area contributed by atoms with Crippen LogP contribution in [0.5, 0.6) is 0 Å². The first-order chi connectivity index (χ1) is 20.4. The lowest BCUT2D eigenvalue weighted by atomic mass is 9.89. The molecule has 6 nitrogen and oxygen atoms in total. The number of amides is 2. The van der Waals surface area contributed by atoms with E-state index in [4.69, 9.17) is 16.3 Å². The van der Waals surface area contributed by atoms with Gasteiger partial charge in [-0.2, -0.15) is 0 Å². The summed E-state index contributed by atoms with van der Waals surface area (Å²) in [5, 5.41) is 3.72. The van der Waals surface area contributed by atoms with E-state index in [-0.39, 0.29) is 24.0 Å². The highest BCUT2D eigenvalue weighted by Crippen LogP contribution is 2.34. The molecular formula is C35H40ClN3O3. The fourth-order valence-electron chi connectivity index (χ4n) is 5.90. The number of morpholine rings is 1. The Morgan fingerprint density at radius 2 is 1.83 bits per heavy atom. The summed E-state index contributed by atoms with van der Waals surface area (Å²) in [5.74, 6) is 0.164. The summed E-state index contributed by atoms with van der Waals surface area (Å²) >= 11 is 6.08. The molecule has 7 heteroatoms. The van der Waals surface area contributed by atoms with Crippen molar-refractivity contribution in [2.24, 2.45) is 0 Å². The molecule has 0 aromatic heterocycles. The predicted octanol–water partition coefficient (Wildman–Crippen LogP) is 7.01. The molecule has 2 amide bonds. The number of anilines is 1. The van der Waals surface area contributed by atoms with Crippen molar-refractivity contribution in [1.29, 1.82) is 0 Å². The Hall–Kier alpha value is -3.77. The third-order valence-electron chi connectivity index (χ3n) is 8.19. The number of fused-ring (bicyclic) bond motifs is 1. The number of halogens is 1. The molecule has 0 radical (unpaired) electrons. The van der Waals surface area contributed by atoms with Crippen molar-refractivity contribution in [3.63, 3.8) is 0 Å². The maximum atomic E-state index is 13.6. The van der Waals surface area contributed by atoms with E-state index in [0.717, 1.165) is 56.3 Å². The van der Waals surface area contributed by atoms with E-state index >= 15 is 0 Å². The van der Waals surface area contributed by atoms with E-state index in [1.807, 2.05) is 41.3 Å². The van der Waals surface area contributed by atoms with Gasteiger partial charge in [0.2, 0.25) is 0 Å². The Morgan fingerprint density at radius 3 is 2.57 bits per heavy atom. The van der Waals surface area contributed by atoms with E-state index in [1.54, 1.807) is 18.2 Å². The van der Waals surface area contributed by atoms with Crippen LogP contribution in [0.25, 0.3) is 6.08 Å². The lowest BCUT2D eigenvalue weighted by Crippen LogP contribution is -2.54. The van der Waals surface area contributed by atoms with Crippen molar-refractivity contribution in [2.45, 2.75) is 64.6 Å². The lowest BCUT2D eigenvalue weighted by Gasteiger charge is -2.44. The van der Waals surface area contributed by atoms with Gasteiger partial charge >= 0.3 is 0 Å². The zero-order valence-corrected chi connectivity index (χ0v) is 25.3. The van der Waals surface area contributed by atoms with Crippen LogP contribution in [0.15, 0.2) is 78.6 Å². The Kier molecular flexibility index (Phi) is 9.85. The van der Waals surface area contributed by atoms with Crippen LogP contribution < -0.4 is 10.2 Å². The van der Waals surface area contributed by atoms with E-state index in [2.05, 4.69) is 48.3 Å². The minimum absolute atomic E-state index is 0.00500. The van der Waals surface area contributed by atoms with Crippen LogP contribution in [-0.4, -0.2) is 48.5 Å². The average Bonchev–Trinajstić information content (AvgIpc) is 3.00. The largest absolute Gasteiger partial charge is 0.482 e. The molecule has 1 N–H and O–H groups in total. The van der Waals surface area contributed by atoms with Gasteiger partial charge in [-0.05, 0) is 98.7 Å². The number of rotatable bonds is 10. The number of ether oxygens (including phenoxy) is 1. The Balaban J connectivity index is 1.19. The maximum absolute atomic E-state index is 13.6. The first kappa shape index (κ1) is 29.7. The van der Waals surface area contributed by atoms with Crippen LogP contribution in [0.2, 0.25) is 5.02 Å². The maximum Gasteiger partial charge on any atom is 0.289 e. The third-order valence-corrected chi connectivity index (χ3v) is 8.45. The van der Waals surface area contributed by atoms with Crippen molar-refractivity contribution in [1.82, 2.24) is 10.2 Å². The van der Waals surface area contributed by atoms with Crippen molar-refractivity contribution in [2.75, 3.05) is 24.5 Å². The molecular weight excluding hydrogens is 546 g/mol. The van der Waals surface area contributed by atoms with Crippen LogP contribution in [-0.2, 0) is 16.1 Å². The topological polar surface area (TPSA) is 61.9 Å². The number of carbonyl (C=O) groups is 2. The van der Waals surface area contributed by atoms with Crippen molar-refractivity contribution < 1.29 is 14.3 Å². The minimum atomic E-state index is -0.100. The molecule has 0 spiro atoms. The second-order valence-electron chi connectivity index (χ2n) is 11.2. The Labute approximate surface area is 254 Å². The van der Waals surface area contributed by atoms with Gasteiger partial charge in [0.05, 0.1) is 6.04 Å². The van der Waals surface area contributed by atoms with Crippen molar-refractivity contribution in [3.05, 3.63) is 106 Å². The number of benzene rings is 3. The molecule has 5 rings (SSSR count). The normalized spacial score (nSPS) is 19.3. The van der Waals surface area contributed by atoms with Crippen molar-refractivity contribution >= 4 is 35.2 Å². The van der Waals surface area contributed by atoms with Gasteiger partial charge in [-0.25, -0.2) is 0 Å². The quantitative estimate of drug-likeness (QED) is 0.205. The van der Waals surface area contributed by atoms with Crippen LogP contribution in [0.1, 0.15) is 66.1 Å². The standard InChI is InChI=1S/C35H40ClN3O3/c1-3-38(30-9-6-8-25(2)22-30)21-7-20-37-34(40)28-16-12-26(13-17-28)23-33-35(41)39(24-27-14-18-29(36)19-15-27)31-10-4-5-11-32(31)42-33/h6,8-9,12-19,22-23,31-32H,3-5,7,10-11,20-21,24H2,1-2H3,(H,37,40)/b33-23-. The first-order valence-corrected chi connectivity index (χ1v) is 15.4. The zero-order valence-electron chi connectivity index (χ0n) is 24.5. The molecule has 220 valence electrons. The molecule has 2 unspecified atom stereocenters. The van der Waals surface area contributed by atoms with E-state index < -0.39 is 0 Å². The molecule has 42 heavy (non-hydrogen) atoms. The summed E-state index contributed by atoms with van der Waals surface area (Å²) in [5.41, 5.74) is 4.92. The summed E-state index contributed by atoms with van der Waals surface area (Å²) in [7, 11) is 0. The Morgan fingerprint density at radius 1 is 1.07 bits per heavy atom. The number of carbonyl (C=O) groups excluding carboxylic acids is 2. The highest BCUT2D eigenvalue weighted by atomic mass is 35.5. The SMILES string of the molecule is CCN(CCCNC(=O)c1ccc(/C=C2\OC3CCCCC3N(Cc3ccc(Cl)cc3)C2=O)cc1)c1cccc(C)c1. The fraction of sp³-hybridized carbons (Fsp3) is 0.371. The average molecular weight is 586 g/mol. The molecule has 3 aromatic rings. The van der Waals surface area contributed by atoms with Crippen LogP contribution in [0.3, 0.4) is 0 Å². The van der Waals surface area contributed by atoms with E-state index in [0.29, 0.717) is 29.4 Å². The van der Waals surface area contributed by atoms with Gasteiger partial charge in [-0.3, -0.25) is 9.59 Å². The smallest absolute Gasteiger partial charge is 0.289 e. The molecule has 1 saturated heterocycles. The molecule has 1 aliphatic heterocycles. The molecule has 2 atom stereocenters. The summed E-state index contributed by atoms with van der Waals surface area (Å²) in [4.78, 5) is 30.7. The number of nitrogens with zero attached hydrogens (tertiary/aromatic N) is 2. The van der Waals surface area contributed by atoms with Gasteiger partial charge in [0.25, 0.3) is 11.8 Å². The molecule has 1 saturated carbocycles. The van der Waals surface area contributed by atoms with Crippen LogP contribution in [0, 0.1) is 6.92 Å². The highest BCUT2D eigenvalue weighted by Gasteiger charge is 2.41. The predicted molar refractivity (Wildman–Crippen MR) is 170 cm³/mol. The summed E-state index contributed by atoms with van der Waals surface area (Å²) in [6.07, 6.45) is 6.73. The minimum Gasteiger partial charge on any atom is -0.482 e. The molecule has 1 heterocycles.